The van der Waals surface area contributed by atoms with Crippen LogP contribution >= 0.6 is 15.6 Å². The van der Waals surface area contributed by atoms with Gasteiger partial charge in [0, 0.05) is 19.3 Å². The quantitative estimate of drug-likeness (QED) is 0.0146. The number of aliphatic hydroxyl groups excluding tert-OH is 2. The van der Waals surface area contributed by atoms with Crippen LogP contribution in [0.15, 0.2) is 122 Å². The first kappa shape index (κ1) is 109. The van der Waals surface area contributed by atoms with Crippen LogP contribution < -0.4 is 0 Å². The third-order valence-corrected chi connectivity index (χ3v) is 21.5. The van der Waals surface area contributed by atoms with Gasteiger partial charge in [-0.05, 0) is 135 Å². The lowest BCUT2D eigenvalue weighted by Gasteiger charge is -2.21. The molecule has 0 aliphatic carbocycles. The Morgan fingerprint density at radius 1 is 0.257 bits per heavy atom. The summed E-state index contributed by atoms with van der Waals surface area (Å²) in [7, 11) is -9.80. The van der Waals surface area contributed by atoms with Gasteiger partial charge in [-0.3, -0.25) is 32.5 Å². The largest absolute Gasteiger partial charge is 0.472 e. The molecule has 0 bridgehead atoms. The monoisotopic (exact) mass is 1630 g/mol. The second-order valence-corrected chi connectivity index (χ2v) is 33.6. The highest BCUT2D eigenvalue weighted by Crippen LogP contribution is 2.45. The zero-order valence-electron chi connectivity index (χ0n) is 72.0. The fourth-order valence-corrected chi connectivity index (χ4v) is 14.3. The number of hydrogen-bond acceptors (Lipinski definition) is 14. The van der Waals surface area contributed by atoms with Crippen molar-refractivity contribution in [3.05, 3.63) is 122 Å². The molecule has 0 aromatic carbocycles. The molecule has 0 aliphatic rings. The van der Waals surface area contributed by atoms with Gasteiger partial charge in [-0.1, -0.05) is 373 Å². The first-order chi connectivity index (χ1) is 55.2. The van der Waals surface area contributed by atoms with Crippen LogP contribution in [0.3, 0.4) is 0 Å². The second-order valence-electron chi connectivity index (χ2n) is 30.7. The van der Waals surface area contributed by atoms with E-state index in [1.165, 1.54) is 212 Å². The molecule has 0 spiro atoms. The Morgan fingerprint density at radius 2 is 0.469 bits per heavy atom. The minimum absolute atomic E-state index is 0.0953. The van der Waals surface area contributed by atoms with Gasteiger partial charge in [0.15, 0.2) is 6.10 Å². The van der Waals surface area contributed by atoms with Gasteiger partial charge in [0.2, 0.25) is 0 Å². The van der Waals surface area contributed by atoms with E-state index in [2.05, 4.69) is 142 Å². The molecular weight excluding hydrogens is 1460 g/mol. The molecule has 0 amide bonds. The fourth-order valence-electron chi connectivity index (χ4n) is 12.7. The minimum atomic E-state index is -4.94. The molecule has 654 valence electrons. The van der Waals surface area contributed by atoms with Crippen molar-refractivity contribution in [2.24, 2.45) is 0 Å². The van der Waals surface area contributed by atoms with Crippen LogP contribution in [-0.4, -0.2) is 95.9 Å². The number of hydrogen-bond donors (Lipinski definition) is 4. The van der Waals surface area contributed by atoms with E-state index >= 15 is 0 Å². The topological polar surface area (TPSA) is 231 Å². The molecule has 0 saturated heterocycles. The van der Waals surface area contributed by atoms with E-state index < -0.39 is 91.5 Å². The molecule has 0 saturated carbocycles. The summed E-state index contributed by atoms with van der Waals surface area (Å²) in [6, 6.07) is 0. The van der Waals surface area contributed by atoms with Crippen LogP contribution in [0.5, 0.6) is 0 Å². The molecule has 5 unspecified atom stereocenters. The lowest BCUT2D eigenvalue weighted by atomic mass is 10.0. The molecular formula is C95H168O16P2. The van der Waals surface area contributed by atoms with E-state index in [9.17, 15) is 43.5 Å². The number of carbonyl (C=O) groups excluding carboxylic acids is 3. The molecule has 0 rings (SSSR count). The predicted molar refractivity (Wildman–Crippen MR) is 473 cm³/mol. The van der Waals surface area contributed by atoms with Gasteiger partial charge in [-0.25, -0.2) is 9.13 Å². The van der Waals surface area contributed by atoms with Crippen LogP contribution in [-0.2, 0) is 55.8 Å². The van der Waals surface area contributed by atoms with Crippen molar-refractivity contribution in [1.29, 1.82) is 0 Å². The lowest BCUT2D eigenvalue weighted by Crippen LogP contribution is -2.30. The Hall–Kier alpha value is -4.05. The molecule has 113 heavy (non-hydrogen) atoms. The highest BCUT2D eigenvalue weighted by Gasteiger charge is 2.29. The van der Waals surface area contributed by atoms with E-state index in [4.69, 9.17) is 32.3 Å². The Kier molecular flexibility index (Phi) is 84.1. The third kappa shape index (κ3) is 88.6. The van der Waals surface area contributed by atoms with Crippen LogP contribution in [0, 0.1) is 0 Å². The summed E-state index contributed by atoms with van der Waals surface area (Å²) in [5.74, 6) is -1.57. The predicted octanol–water partition coefficient (Wildman–Crippen LogP) is 28.0. The maximum absolute atomic E-state index is 13.0. The second kappa shape index (κ2) is 87.3. The number of rotatable bonds is 87. The fraction of sp³-hybridized carbons (Fsp3) is 0.758. The number of phosphoric ester groups is 2. The molecule has 0 aliphatic heterocycles. The van der Waals surface area contributed by atoms with Crippen molar-refractivity contribution in [2.45, 2.75) is 424 Å². The number of allylic oxidation sites excluding steroid dienone is 20. The number of ether oxygens (including phenoxy) is 3. The van der Waals surface area contributed by atoms with Gasteiger partial charge in [-0.15, -0.1) is 0 Å². The van der Waals surface area contributed by atoms with Gasteiger partial charge < -0.3 is 34.2 Å². The average molecular weight is 1630 g/mol. The Morgan fingerprint density at radius 3 is 0.770 bits per heavy atom. The summed E-state index contributed by atoms with van der Waals surface area (Å²) in [5, 5.41) is 20.7. The first-order valence-electron chi connectivity index (χ1n) is 45.8. The van der Waals surface area contributed by atoms with Crippen molar-refractivity contribution in [3.8, 4) is 0 Å². The lowest BCUT2D eigenvalue weighted by molar-refractivity contribution is -0.161. The highest BCUT2D eigenvalue weighted by molar-refractivity contribution is 7.47. The summed E-state index contributed by atoms with van der Waals surface area (Å²) >= 11 is 0. The first-order valence-corrected chi connectivity index (χ1v) is 48.8. The van der Waals surface area contributed by atoms with Gasteiger partial charge >= 0.3 is 33.6 Å². The Bertz CT molecular complexity index is 2540. The molecule has 16 nitrogen and oxygen atoms in total. The maximum atomic E-state index is 13.0. The third-order valence-electron chi connectivity index (χ3n) is 19.6. The van der Waals surface area contributed by atoms with E-state index in [0.717, 1.165) is 135 Å². The SMILES string of the molecule is CC/C=C\C/C=C\C/C=C\C/C=C\C/C=C\CCCCCCCCCCCCCCCC(=O)OCC(COP(=O)(O)OCC(O)COP(=O)(O)OCC(O)COC(=O)CCCCCCCCCCCCCCCCCCC/C=C\C/C=C\C/C=C\C/C=C\CCCCC)OC(=O)CCCCCCC/C=C\CCCCCCCC. The minimum Gasteiger partial charge on any atom is -0.463 e. The summed E-state index contributed by atoms with van der Waals surface area (Å²) in [6.45, 7) is 2.59. The smallest absolute Gasteiger partial charge is 0.463 e. The highest BCUT2D eigenvalue weighted by atomic mass is 31.2. The summed E-state index contributed by atoms with van der Waals surface area (Å²) in [6.07, 6.45) is 107. The van der Waals surface area contributed by atoms with Gasteiger partial charge in [-0.2, -0.15) is 0 Å². The van der Waals surface area contributed by atoms with Crippen molar-refractivity contribution >= 4 is 33.6 Å². The normalized spacial score (nSPS) is 14.4. The molecule has 5 atom stereocenters. The molecule has 18 heteroatoms. The van der Waals surface area contributed by atoms with Gasteiger partial charge in [0.1, 0.15) is 25.4 Å². The number of unbranched alkanes of at least 4 members (excludes halogenated alkanes) is 44. The number of esters is 3. The summed E-state index contributed by atoms with van der Waals surface area (Å²) in [5.41, 5.74) is 0. The summed E-state index contributed by atoms with van der Waals surface area (Å²) < 4.78 is 61.4. The van der Waals surface area contributed by atoms with Crippen molar-refractivity contribution in [2.75, 3.05) is 39.6 Å². The molecule has 0 heterocycles. The Labute approximate surface area is 691 Å². The standard InChI is InChI=1S/C95H168O16P2/c1-4-7-10-13-16-19-22-25-28-30-32-34-36-38-40-42-43-44-45-47-49-50-52-54-56-58-61-63-66-69-72-75-78-81-93(98)105-84-90(96)85-107-112(101,102)108-86-91(97)87-109-113(103,104)110-89-92(111-95(100)83-80-77-74-71-68-65-60-27-24-21-18-15-12-9-6-3)88-106-94(99)82-79-76-73-70-67-64-62-59-57-55-53-51-48-46-41-39-37-35-33-31-29-26-23-20-17-14-11-8-5-2/h8,11,16-17,19-20,25-29,32-35,38-41,60,90-92,96-97H,4-7,9-10,12-15,18,21-24,30-31,36-37,42-59,61-89H2,1-3H3,(H,101,102)(H,103,104)/b11-8-,19-16-,20-17-,28-25-,29-26-,34-32-,35-33-,40-38-,41-39-,60-27-. The number of aliphatic hydroxyl groups is 2. The van der Waals surface area contributed by atoms with Gasteiger partial charge in [0.25, 0.3) is 0 Å². The molecule has 4 N–H and O–H groups in total. The van der Waals surface area contributed by atoms with Crippen LogP contribution in [0.1, 0.15) is 406 Å². The average Bonchev–Trinajstić information content (AvgIpc) is 0.899. The van der Waals surface area contributed by atoms with Crippen LogP contribution in [0.4, 0.5) is 0 Å². The zero-order chi connectivity index (χ0) is 82.2. The van der Waals surface area contributed by atoms with Crippen LogP contribution in [0.25, 0.3) is 0 Å². The Balaban J connectivity index is 4.44. The van der Waals surface area contributed by atoms with Crippen molar-refractivity contribution in [1.82, 2.24) is 0 Å². The van der Waals surface area contributed by atoms with E-state index in [1.807, 2.05) is 0 Å². The molecule has 0 aromatic rings. The number of carbonyl (C=O) groups is 3. The van der Waals surface area contributed by atoms with E-state index in [1.54, 1.807) is 0 Å². The van der Waals surface area contributed by atoms with E-state index in [-0.39, 0.29) is 19.3 Å². The van der Waals surface area contributed by atoms with Crippen LogP contribution in [0.2, 0.25) is 0 Å². The maximum Gasteiger partial charge on any atom is 0.472 e. The molecule has 0 fully saturated rings. The number of phosphoric acid groups is 2. The van der Waals surface area contributed by atoms with Crippen molar-refractivity contribution in [3.63, 3.8) is 0 Å². The van der Waals surface area contributed by atoms with Gasteiger partial charge in [0.05, 0.1) is 26.4 Å². The van der Waals surface area contributed by atoms with Crippen molar-refractivity contribution < 1.29 is 75.8 Å². The zero-order valence-corrected chi connectivity index (χ0v) is 73.8. The molecule has 0 aromatic heterocycles. The van der Waals surface area contributed by atoms with E-state index in [0.29, 0.717) is 19.3 Å². The summed E-state index contributed by atoms with van der Waals surface area (Å²) in [4.78, 5) is 58.9. The molecule has 0 radical (unpaired) electrons.